The predicted molar refractivity (Wildman–Crippen MR) is 205 cm³/mol. The third-order valence-corrected chi connectivity index (χ3v) is 10.5. The van der Waals surface area contributed by atoms with Gasteiger partial charge in [-0.1, -0.05) is 60.1 Å². The minimum Gasteiger partial charge on any atom is -0.506 e. The number of phenols is 1. The molecular weight excluding hydrogens is 715 g/mol. The Morgan fingerprint density at radius 2 is 1.66 bits per heavy atom. The summed E-state index contributed by atoms with van der Waals surface area (Å²) >= 11 is 7.99. The molecule has 0 aliphatic rings. The first kappa shape index (κ1) is 35.4. The Kier molecular flexibility index (Phi) is 10.2. The van der Waals surface area contributed by atoms with Gasteiger partial charge in [-0.25, -0.2) is 24.1 Å². The summed E-state index contributed by atoms with van der Waals surface area (Å²) in [6.07, 6.45) is 3.34. The van der Waals surface area contributed by atoms with Crippen LogP contribution in [0.25, 0.3) is 43.0 Å². The fourth-order valence-electron chi connectivity index (χ4n) is 6.14. The number of para-hydroxylation sites is 2. The van der Waals surface area contributed by atoms with E-state index < -0.39 is 12.0 Å². The van der Waals surface area contributed by atoms with Crippen LogP contribution in [0.2, 0.25) is 5.02 Å². The number of carbonyl (C=O) groups is 1. The van der Waals surface area contributed by atoms with E-state index in [0.29, 0.717) is 45.3 Å². The van der Waals surface area contributed by atoms with Crippen molar-refractivity contribution in [2.75, 3.05) is 12.4 Å². The summed E-state index contributed by atoms with van der Waals surface area (Å²) in [4.78, 5) is 27.4. The molecule has 0 bridgehead atoms. The number of ether oxygens (including phenoxy) is 2. The molecule has 3 heterocycles. The number of thiophene rings is 1. The van der Waals surface area contributed by atoms with Crippen LogP contribution in [0.3, 0.4) is 0 Å². The minimum atomic E-state index is -1.11. The number of hydrogen-bond donors (Lipinski definition) is 3. The molecule has 12 heteroatoms. The molecule has 7 rings (SSSR count). The molecule has 9 nitrogen and oxygen atoms in total. The van der Waals surface area contributed by atoms with Gasteiger partial charge in [0.2, 0.25) is 0 Å². The lowest BCUT2D eigenvalue weighted by Gasteiger charge is -2.19. The van der Waals surface area contributed by atoms with E-state index in [1.165, 1.54) is 29.5 Å². The number of phenolic OH excluding ortho intramolecular Hbond substituents is 1. The zero-order chi connectivity index (χ0) is 37.1. The molecule has 0 unspecified atom stereocenters. The highest BCUT2D eigenvalue weighted by Gasteiger charge is 2.26. The van der Waals surface area contributed by atoms with Crippen molar-refractivity contribution in [3.8, 4) is 50.2 Å². The Morgan fingerprint density at radius 1 is 0.925 bits per heavy atom. The number of carboxylic acids is 1. The van der Waals surface area contributed by atoms with E-state index >= 15 is 0 Å². The Balaban J connectivity index is 1.21. The van der Waals surface area contributed by atoms with Crippen LogP contribution in [0.4, 0.5) is 10.2 Å². The number of fused-ring (bicyclic) bond motifs is 1. The fraction of sp³-hybridized carbons (Fsp3) is 0.122. The molecule has 0 spiro atoms. The Labute approximate surface area is 313 Å². The van der Waals surface area contributed by atoms with Crippen molar-refractivity contribution < 1.29 is 28.9 Å². The number of nitrogens with zero attached hydrogens (tertiary/aromatic N) is 3. The first-order valence-electron chi connectivity index (χ1n) is 16.5. The van der Waals surface area contributed by atoms with Crippen molar-refractivity contribution in [1.29, 1.82) is 0 Å². The standard InChI is InChI=1S/C41H32ClFN4O5S/c1-23-28(15-16-31(48)37(23)42)35-36-34(53-38(35)24-11-13-26(43)14-12-24)18-20-45-40(36)47-30(41(49)50)21-25-7-3-5-9-32(25)52-22-27-17-19-44-39(46-27)29-8-4-6-10-33(29)51-2/h3-20,30,48H,21-22H2,1-2H3,(H,45,47)(H,49,50)/t30-/m1/s1. The van der Waals surface area contributed by atoms with Gasteiger partial charge in [-0.3, -0.25) is 0 Å². The van der Waals surface area contributed by atoms with Crippen molar-refractivity contribution >= 4 is 44.8 Å². The first-order chi connectivity index (χ1) is 25.7. The summed E-state index contributed by atoms with van der Waals surface area (Å²) in [5, 5.41) is 24.9. The van der Waals surface area contributed by atoms with Crippen LogP contribution < -0.4 is 14.8 Å². The number of pyridine rings is 1. The molecule has 1 atom stereocenters. The van der Waals surface area contributed by atoms with Gasteiger partial charge in [-0.2, -0.15) is 0 Å². The summed E-state index contributed by atoms with van der Waals surface area (Å²) in [6.45, 7) is 1.92. The molecule has 3 aromatic heterocycles. The average Bonchev–Trinajstić information content (AvgIpc) is 3.57. The highest BCUT2D eigenvalue weighted by atomic mass is 35.5. The summed E-state index contributed by atoms with van der Waals surface area (Å²) in [5.74, 6) is 0.485. The molecule has 0 aliphatic heterocycles. The molecule has 4 aromatic carbocycles. The van der Waals surface area contributed by atoms with Gasteiger partial charge in [-0.15, -0.1) is 11.3 Å². The van der Waals surface area contributed by atoms with Crippen LogP contribution in [0.1, 0.15) is 16.8 Å². The van der Waals surface area contributed by atoms with Crippen LogP contribution in [0, 0.1) is 12.7 Å². The van der Waals surface area contributed by atoms with Gasteiger partial charge in [0.05, 0.1) is 23.4 Å². The Bertz CT molecular complexity index is 2460. The lowest BCUT2D eigenvalue weighted by Crippen LogP contribution is -2.32. The normalized spacial score (nSPS) is 11.7. The van der Waals surface area contributed by atoms with E-state index in [9.17, 15) is 19.4 Å². The number of aromatic nitrogens is 3. The number of hydrogen-bond acceptors (Lipinski definition) is 9. The molecule has 0 radical (unpaired) electrons. The van der Waals surface area contributed by atoms with Gasteiger partial charge < -0.3 is 25.0 Å². The fourth-order valence-corrected chi connectivity index (χ4v) is 7.53. The third-order valence-electron chi connectivity index (χ3n) is 8.79. The summed E-state index contributed by atoms with van der Waals surface area (Å²) in [7, 11) is 1.59. The highest BCUT2D eigenvalue weighted by Crippen LogP contribution is 2.49. The van der Waals surface area contributed by atoms with Crippen molar-refractivity contribution in [2.24, 2.45) is 0 Å². The lowest BCUT2D eigenvalue weighted by molar-refractivity contribution is -0.137. The number of methoxy groups -OCH3 is 1. The number of nitrogens with one attached hydrogen (secondary N) is 1. The van der Waals surface area contributed by atoms with Gasteiger partial charge >= 0.3 is 5.97 Å². The van der Waals surface area contributed by atoms with E-state index in [1.54, 1.807) is 56.8 Å². The van der Waals surface area contributed by atoms with Crippen LogP contribution in [0.15, 0.2) is 109 Å². The maximum Gasteiger partial charge on any atom is 0.326 e. The molecule has 3 N–H and O–H groups in total. The number of halogens is 2. The summed E-state index contributed by atoms with van der Waals surface area (Å²) in [5.41, 5.74) is 4.89. The van der Waals surface area contributed by atoms with Gasteiger partial charge in [-0.05, 0) is 77.7 Å². The number of rotatable bonds is 12. The van der Waals surface area contributed by atoms with Crippen molar-refractivity contribution in [2.45, 2.75) is 26.0 Å². The molecule has 7 aromatic rings. The highest BCUT2D eigenvalue weighted by molar-refractivity contribution is 7.23. The molecule has 0 saturated carbocycles. The molecular formula is C41H32ClFN4O5S. The average molecular weight is 747 g/mol. The molecule has 0 aliphatic carbocycles. The zero-order valence-electron chi connectivity index (χ0n) is 28.5. The van der Waals surface area contributed by atoms with Crippen LogP contribution >= 0.6 is 22.9 Å². The molecule has 0 saturated heterocycles. The number of aliphatic carboxylic acids is 1. The second-order valence-corrected chi connectivity index (χ2v) is 13.6. The number of benzene rings is 4. The second kappa shape index (κ2) is 15.3. The van der Waals surface area contributed by atoms with Crippen LogP contribution in [-0.4, -0.2) is 44.3 Å². The van der Waals surface area contributed by atoms with Crippen LogP contribution in [-0.2, 0) is 17.8 Å². The molecule has 0 amide bonds. The van der Waals surface area contributed by atoms with Crippen molar-refractivity contribution in [1.82, 2.24) is 15.0 Å². The lowest BCUT2D eigenvalue weighted by atomic mass is 9.95. The maximum atomic E-state index is 14.0. The van der Waals surface area contributed by atoms with E-state index in [4.69, 9.17) is 21.1 Å². The maximum absolute atomic E-state index is 14.0. The molecule has 53 heavy (non-hydrogen) atoms. The van der Waals surface area contributed by atoms with Gasteiger partial charge in [0, 0.05) is 39.3 Å². The zero-order valence-corrected chi connectivity index (χ0v) is 30.1. The predicted octanol–water partition coefficient (Wildman–Crippen LogP) is 9.59. The topological polar surface area (TPSA) is 127 Å². The third kappa shape index (κ3) is 7.35. The van der Waals surface area contributed by atoms with E-state index in [-0.39, 0.29) is 29.6 Å². The molecule has 266 valence electrons. The summed E-state index contributed by atoms with van der Waals surface area (Å²) < 4.78 is 26.5. The van der Waals surface area contributed by atoms with E-state index in [2.05, 4.69) is 20.3 Å². The SMILES string of the molecule is COc1ccccc1-c1nccc(COc2ccccc2C[C@@H](Nc2nccc3sc(-c4ccc(F)cc4)c(-c4ccc(O)c(Cl)c4C)c23)C(=O)O)n1. The number of carboxylic acid groups (broad SMARTS) is 1. The quantitative estimate of drug-likeness (QED) is 0.112. The second-order valence-electron chi connectivity index (χ2n) is 12.1. The van der Waals surface area contributed by atoms with Gasteiger partial charge in [0.25, 0.3) is 0 Å². The van der Waals surface area contributed by atoms with Gasteiger partial charge in [0.1, 0.15) is 41.5 Å². The van der Waals surface area contributed by atoms with E-state index in [0.717, 1.165) is 31.8 Å². The van der Waals surface area contributed by atoms with E-state index in [1.807, 2.05) is 48.5 Å². The van der Waals surface area contributed by atoms with Crippen molar-refractivity contribution in [3.63, 3.8) is 0 Å². The monoisotopic (exact) mass is 746 g/mol. The number of aromatic hydroxyl groups is 1. The van der Waals surface area contributed by atoms with Crippen LogP contribution in [0.5, 0.6) is 17.2 Å². The Morgan fingerprint density at radius 3 is 2.43 bits per heavy atom. The minimum absolute atomic E-state index is 0.0596. The van der Waals surface area contributed by atoms with Gasteiger partial charge in [0.15, 0.2) is 5.82 Å². The van der Waals surface area contributed by atoms with Crippen molar-refractivity contribution in [3.05, 3.63) is 137 Å². The largest absolute Gasteiger partial charge is 0.506 e. The Hall–Kier alpha value is -6.04. The number of anilines is 1. The first-order valence-corrected chi connectivity index (χ1v) is 17.7. The molecule has 0 fully saturated rings. The smallest absolute Gasteiger partial charge is 0.326 e. The summed E-state index contributed by atoms with van der Waals surface area (Å²) in [6, 6.07) is 26.7.